The normalized spacial score (nSPS) is 21.4. The first-order valence-corrected chi connectivity index (χ1v) is 10.0. The molecular formula is C20H28ClN3O2. The summed E-state index contributed by atoms with van der Waals surface area (Å²) in [5.41, 5.74) is 0.947. The van der Waals surface area contributed by atoms with Gasteiger partial charge in [0.15, 0.2) is 0 Å². The molecular weight excluding hydrogens is 350 g/mol. The molecule has 1 aromatic rings. The number of benzene rings is 1. The van der Waals surface area contributed by atoms with Crippen LogP contribution in [0.25, 0.3) is 0 Å². The van der Waals surface area contributed by atoms with Crippen molar-refractivity contribution in [1.82, 2.24) is 15.5 Å². The van der Waals surface area contributed by atoms with Gasteiger partial charge in [-0.25, -0.2) is 0 Å². The molecule has 1 heterocycles. The van der Waals surface area contributed by atoms with Gasteiger partial charge in [0.25, 0.3) is 0 Å². The molecule has 1 saturated heterocycles. The van der Waals surface area contributed by atoms with Crippen LogP contribution in [0.15, 0.2) is 24.3 Å². The Labute approximate surface area is 160 Å². The fraction of sp³-hybridized carbons (Fsp3) is 0.600. The molecule has 2 aliphatic rings. The summed E-state index contributed by atoms with van der Waals surface area (Å²) in [5, 5.41) is 6.82. The molecule has 1 atom stereocenters. The number of halogens is 1. The zero-order valence-corrected chi connectivity index (χ0v) is 15.9. The lowest BCUT2D eigenvalue weighted by molar-refractivity contribution is -0.135. The van der Waals surface area contributed by atoms with E-state index in [9.17, 15) is 9.59 Å². The Morgan fingerprint density at radius 2 is 1.96 bits per heavy atom. The van der Waals surface area contributed by atoms with Crippen LogP contribution in [0.3, 0.4) is 0 Å². The molecule has 1 aromatic carbocycles. The predicted octanol–water partition coefficient (Wildman–Crippen LogP) is 2.90. The van der Waals surface area contributed by atoms with E-state index in [4.69, 9.17) is 11.6 Å². The van der Waals surface area contributed by atoms with Crippen molar-refractivity contribution in [2.75, 3.05) is 26.2 Å². The average Bonchev–Trinajstić information content (AvgIpc) is 2.67. The van der Waals surface area contributed by atoms with Gasteiger partial charge in [0.2, 0.25) is 11.8 Å². The SMILES string of the molecule is O=C(CC1CCCCC1)NCC(=O)N1CCNCC1c1ccccc1Cl. The van der Waals surface area contributed by atoms with Crippen molar-refractivity contribution in [3.63, 3.8) is 0 Å². The van der Waals surface area contributed by atoms with Gasteiger partial charge in [-0.05, 0) is 30.4 Å². The smallest absolute Gasteiger partial charge is 0.242 e. The topological polar surface area (TPSA) is 61.4 Å². The summed E-state index contributed by atoms with van der Waals surface area (Å²) in [5.74, 6) is 0.428. The van der Waals surface area contributed by atoms with E-state index in [1.54, 1.807) is 0 Å². The van der Waals surface area contributed by atoms with Crippen molar-refractivity contribution in [1.29, 1.82) is 0 Å². The molecule has 1 unspecified atom stereocenters. The average molecular weight is 378 g/mol. The van der Waals surface area contributed by atoms with Gasteiger partial charge in [-0.15, -0.1) is 0 Å². The Morgan fingerprint density at radius 1 is 1.19 bits per heavy atom. The summed E-state index contributed by atoms with van der Waals surface area (Å²) >= 11 is 6.33. The third-order valence-electron chi connectivity index (χ3n) is 5.46. The number of amides is 2. The molecule has 5 nitrogen and oxygen atoms in total. The minimum atomic E-state index is -0.0970. The Balaban J connectivity index is 1.55. The number of nitrogens with zero attached hydrogens (tertiary/aromatic N) is 1. The number of piperazine rings is 1. The van der Waals surface area contributed by atoms with Crippen LogP contribution in [0.2, 0.25) is 5.02 Å². The van der Waals surface area contributed by atoms with Crippen molar-refractivity contribution >= 4 is 23.4 Å². The fourth-order valence-corrected chi connectivity index (χ4v) is 4.29. The maximum Gasteiger partial charge on any atom is 0.242 e. The highest BCUT2D eigenvalue weighted by atomic mass is 35.5. The third-order valence-corrected chi connectivity index (χ3v) is 5.81. The summed E-state index contributed by atoms with van der Waals surface area (Å²) in [6, 6.07) is 7.53. The second-order valence-electron chi connectivity index (χ2n) is 7.31. The third kappa shape index (κ3) is 4.98. The van der Waals surface area contributed by atoms with Gasteiger partial charge in [0.05, 0.1) is 12.6 Å². The van der Waals surface area contributed by atoms with Gasteiger partial charge in [0, 0.05) is 31.1 Å². The van der Waals surface area contributed by atoms with Gasteiger partial charge < -0.3 is 15.5 Å². The first-order valence-electron chi connectivity index (χ1n) is 9.66. The predicted molar refractivity (Wildman–Crippen MR) is 103 cm³/mol. The zero-order chi connectivity index (χ0) is 18.4. The van der Waals surface area contributed by atoms with Crippen LogP contribution in [0.4, 0.5) is 0 Å². The van der Waals surface area contributed by atoms with Gasteiger partial charge >= 0.3 is 0 Å². The van der Waals surface area contributed by atoms with Gasteiger partial charge in [0.1, 0.15) is 0 Å². The minimum Gasteiger partial charge on any atom is -0.347 e. The highest BCUT2D eigenvalue weighted by Gasteiger charge is 2.29. The molecule has 1 saturated carbocycles. The number of hydrogen-bond donors (Lipinski definition) is 2. The van der Waals surface area contributed by atoms with Crippen molar-refractivity contribution in [2.45, 2.75) is 44.6 Å². The standard InChI is InChI=1S/C20H28ClN3O2/c21-17-9-5-4-8-16(17)18-13-22-10-11-24(18)20(26)14-23-19(25)12-15-6-2-1-3-7-15/h4-5,8-9,15,18,22H,1-3,6-7,10-14H2,(H,23,25). The van der Waals surface area contributed by atoms with Crippen molar-refractivity contribution in [2.24, 2.45) is 5.92 Å². The second kappa shape index (κ2) is 9.38. The highest BCUT2D eigenvalue weighted by Crippen LogP contribution is 2.28. The monoisotopic (exact) mass is 377 g/mol. The van der Waals surface area contributed by atoms with Crippen LogP contribution in [0, 0.1) is 5.92 Å². The van der Waals surface area contributed by atoms with E-state index >= 15 is 0 Å². The molecule has 0 aromatic heterocycles. The van der Waals surface area contributed by atoms with Crippen LogP contribution in [0.1, 0.15) is 50.1 Å². The van der Waals surface area contributed by atoms with E-state index in [0.717, 1.165) is 24.9 Å². The maximum absolute atomic E-state index is 12.7. The van der Waals surface area contributed by atoms with E-state index in [-0.39, 0.29) is 24.4 Å². The molecule has 1 aliphatic heterocycles. The Bertz CT molecular complexity index is 631. The fourth-order valence-electron chi connectivity index (χ4n) is 4.03. The van der Waals surface area contributed by atoms with Crippen molar-refractivity contribution in [3.05, 3.63) is 34.9 Å². The molecule has 2 N–H and O–H groups in total. The van der Waals surface area contributed by atoms with E-state index in [2.05, 4.69) is 10.6 Å². The maximum atomic E-state index is 12.7. The first-order chi connectivity index (χ1) is 12.6. The summed E-state index contributed by atoms with van der Waals surface area (Å²) in [6.07, 6.45) is 6.53. The Kier molecular flexibility index (Phi) is 6.92. The van der Waals surface area contributed by atoms with E-state index in [0.29, 0.717) is 30.5 Å². The van der Waals surface area contributed by atoms with E-state index in [1.807, 2.05) is 29.2 Å². The molecule has 6 heteroatoms. The van der Waals surface area contributed by atoms with E-state index in [1.165, 1.54) is 19.3 Å². The lowest BCUT2D eigenvalue weighted by Crippen LogP contribution is -2.51. The van der Waals surface area contributed by atoms with Gasteiger partial charge in [-0.2, -0.15) is 0 Å². The van der Waals surface area contributed by atoms with E-state index < -0.39 is 0 Å². The van der Waals surface area contributed by atoms with Gasteiger partial charge in [-0.3, -0.25) is 9.59 Å². The number of nitrogens with one attached hydrogen (secondary N) is 2. The summed E-state index contributed by atoms with van der Waals surface area (Å²) in [7, 11) is 0. The molecule has 0 radical (unpaired) electrons. The molecule has 2 amide bonds. The molecule has 0 spiro atoms. The minimum absolute atomic E-state index is 0.00493. The first kappa shape index (κ1) is 19.2. The highest BCUT2D eigenvalue weighted by molar-refractivity contribution is 6.31. The number of hydrogen-bond acceptors (Lipinski definition) is 3. The Morgan fingerprint density at radius 3 is 2.73 bits per heavy atom. The van der Waals surface area contributed by atoms with Crippen LogP contribution in [-0.4, -0.2) is 42.9 Å². The van der Waals surface area contributed by atoms with Crippen molar-refractivity contribution in [3.8, 4) is 0 Å². The summed E-state index contributed by atoms with van der Waals surface area (Å²) in [4.78, 5) is 26.8. The van der Waals surface area contributed by atoms with Crippen LogP contribution >= 0.6 is 11.6 Å². The molecule has 142 valence electrons. The summed E-state index contributed by atoms with van der Waals surface area (Å²) < 4.78 is 0. The van der Waals surface area contributed by atoms with Crippen LogP contribution < -0.4 is 10.6 Å². The molecule has 26 heavy (non-hydrogen) atoms. The summed E-state index contributed by atoms with van der Waals surface area (Å²) in [6.45, 7) is 2.11. The Hall–Kier alpha value is -1.59. The number of carbonyl (C=O) groups excluding carboxylic acids is 2. The lowest BCUT2D eigenvalue weighted by Gasteiger charge is -2.37. The van der Waals surface area contributed by atoms with Gasteiger partial charge in [-0.1, -0.05) is 49.1 Å². The lowest BCUT2D eigenvalue weighted by atomic mass is 9.87. The van der Waals surface area contributed by atoms with Crippen molar-refractivity contribution < 1.29 is 9.59 Å². The largest absolute Gasteiger partial charge is 0.347 e. The van der Waals surface area contributed by atoms with Crippen LogP contribution in [0.5, 0.6) is 0 Å². The zero-order valence-electron chi connectivity index (χ0n) is 15.2. The number of rotatable bonds is 5. The molecule has 0 bridgehead atoms. The van der Waals surface area contributed by atoms with Crippen LogP contribution in [-0.2, 0) is 9.59 Å². The molecule has 3 rings (SSSR count). The quantitative estimate of drug-likeness (QED) is 0.829. The molecule has 1 aliphatic carbocycles. The number of carbonyl (C=O) groups is 2. The molecule has 2 fully saturated rings. The second-order valence-corrected chi connectivity index (χ2v) is 7.72.